The third-order valence-electron chi connectivity index (χ3n) is 2.58. The maximum Gasteiger partial charge on any atom is 0.338 e. The van der Waals surface area contributed by atoms with Gasteiger partial charge >= 0.3 is 5.97 Å². The molecule has 2 aromatic rings. The SMILES string of the molecule is COC(=O)c1c(-c2ccco2)ccc(Br)c1C. The number of methoxy groups -OCH3 is 1. The lowest BCUT2D eigenvalue weighted by atomic mass is 10.0. The van der Waals surface area contributed by atoms with Gasteiger partial charge in [-0.25, -0.2) is 4.79 Å². The average Bonchev–Trinajstić information content (AvgIpc) is 2.85. The molecule has 3 nitrogen and oxygen atoms in total. The highest BCUT2D eigenvalue weighted by molar-refractivity contribution is 9.10. The van der Waals surface area contributed by atoms with Crippen LogP contribution in [0.1, 0.15) is 15.9 Å². The van der Waals surface area contributed by atoms with Gasteiger partial charge in [0.25, 0.3) is 0 Å². The number of carbonyl (C=O) groups excluding carboxylic acids is 1. The van der Waals surface area contributed by atoms with Crippen molar-refractivity contribution in [3.05, 3.63) is 46.1 Å². The highest BCUT2D eigenvalue weighted by Crippen LogP contribution is 2.31. The number of carbonyl (C=O) groups is 1. The standard InChI is InChI=1S/C13H11BrO3/c1-8-10(14)6-5-9(11-4-3-7-17-11)12(8)13(15)16-2/h3-7H,1-2H3. The van der Waals surface area contributed by atoms with Gasteiger partial charge in [-0.1, -0.05) is 15.9 Å². The molecule has 0 bridgehead atoms. The molecule has 0 saturated heterocycles. The Morgan fingerprint density at radius 3 is 2.71 bits per heavy atom. The lowest BCUT2D eigenvalue weighted by Crippen LogP contribution is -2.06. The predicted molar refractivity (Wildman–Crippen MR) is 67.9 cm³/mol. The minimum atomic E-state index is -0.366. The molecule has 0 saturated carbocycles. The van der Waals surface area contributed by atoms with Gasteiger partial charge in [0.15, 0.2) is 0 Å². The number of furan rings is 1. The van der Waals surface area contributed by atoms with Crippen LogP contribution in [0.25, 0.3) is 11.3 Å². The largest absolute Gasteiger partial charge is 0.465 e. The van der Waals surface area contributed by atoms with Crippen molar-refractivity contribution in [1.82, 2.24) is 0 Å². The zero-order valence-electron chi connectivity index (χ0n) is 9.49. The highest BCUT2D eigenvalue weighted by Gasteiger charge is 2.19. The van der Waals surface area contributed by atoms with Crippen molar-refractivity contribution in [3.8, 4) is 11.3 Å². The van der Waals surface area contributed by atoms with E-state index in [1.165, 1.54) is 7.11 Å². The summed E-state index contributed by atoms with van der Waals surface area (Å²) in [7, 11) is 1.37. The molecule has 1 aromatic heterocycles. The van der Waals surface area contributed by atoms with E-state index < -0.39 is 0 Å². The summed E-state index contributed by atoms with van der Waals surface area (Å²) in [6.07, 6.45) is 1.58. The number of benzene rings is 1. The van der Waals surface area contributed by atoms with Crippen molar-refractivity contribution in [2.45, 2.75) is 6.92 Å². The van der Waals surface area contributed by atoms with Gasteiger partial charge in [-0.15, -0.1) is 0 Å². The Bertz CT molecular complexity index is 544. The molecule has 0 amide bonds. The third kappa shape index (κ3) is 2.13. The first-order chi connectivity index (χ1) is 8.15. The van der Waals surface area contributed by atoms with Crippen molar-refractivity contribution in [3.63, 3.8) is 0 Å². The molecular weight excluding hydrogens is 284 g/mol. The maximum atomic E-state index is 11.8. The summed E-state index contributed by atoms with van der Waals surface area (Å²) in [6, 6.07) is 7.32. The molecule has 0 atom stereocenters. The molecular formula is C13H11BrO3. The first-order valence-electron chi connectivity index (χ1n) is 5.06. The lowest BCUT2D eigenvalue weighted by Gasteiger charge is -2.10. The van der Waals surface area contributed by atoms with Crippen molar-refractivity contribution in [2.24, 2.45) is 0 Å². The quantitative estimate of drug-likeness (QED) is 0.791. The molecule has 88 valence electrons. The summed E-state index contributed by atoms with van der Waals surface area (Å²) in [6.45, 7) is 1.86. The summed E-state index contributed by atoms with van der Waals surface area (Å²) in [5.41, 5.74) is 2.10. The monoisotopic (exact) mass is 294 g/mol. The number of halogens is 1. The van der Waals surface area contributed by atoms with E-state index in [1.54, 1.807) is 12.3 Å². The summed E-state index contributed by atoms with van der Waals surface area (Å²) < 4.78 is 11.0. The fourth-order valence-corrected chi connectivity index (χ4v) is 2.02. The minimum Gasteiger partial charge on any atom is -0.465 e. The molecule has 0 N–H and O–H groups in total. The van der Waals surface area contributed by atoms with Crippen LogP contribution in [0.3, 0.4) is 0 Å². The van der Waals surface area contributed by atoms with E-state index in [1.807, 2.05) is 25.1 Å². The van der Waals surface area contributed by atoms with Gasteiger partial charge in [0, 0.05) is 10.0 Å². The molecule has 0 aliphatic heterocycles. The van der Waals surface area contributed by atoms with Crippen LogP contribution >= 0.6 is 15.9 Å². The molecule has 0 unspecified atom stereocenters. The maximum absolute atomic E-state index is 11.8. The number of ether oxygens (including phenoxy) is 1. The zero-order chi connectivity index (χ0) is 12.4. The lowest BCUT2D eigenvalue weighted by molar-refractivity contribution is 0.0600. The van der Waals surface area contributed by atoms with E-state index >= 15 is 0 Å². The second kappa shape index (κ2) is 4.75. The van der Waals surface area contributed by atoms with Gasteiger partial charge in [0.1, 0.15) is 5.76 Å². The van der Waals surface area contributed by atoms with Gasteiger partial charge in [0.2, 0.25) is 0 Å². The molecule has 1 heterocycles. The molecule has 0 aliphatic rings. The van der Waals surface area contributed by atoms with Crippen molar-refractivity contribution in [1.29, 1.82) is 0 Å². The first-order valence-corrected chi connectivity index (χ1v) is 5.85. The van der Waals surface area contributed by atoms with Crippen molar-refractivity contribution >= 4 is 21.9 Å². The Morgan fingerprint density at radius 2 is 2.12 bits per heavy atom. The molecule has 0 aliphatic carbocycles. The molecule has 1 aromatic carbocycles. The number of hydrogen-bond acceptors (Lipinski definition) is 3. The van der Waals surface area contributed by atoms with Crippen molar-refractivity contribution < 1.29 is 13.9 Å². The van der Waals surface area contributed by atoms with Crippen LogP contribution in [-0.4, -0.2) is 13.1 Å². The number of hydrogen-bond donors (Lipinski definition) is 0. The van der Waals surface area contributed by atoms with Crippen LogP contribution < -0.4 is 0 Å². The van der Waals surface area contributed by atoms with Crippen LogP contribution in [0.4, 0.5) is 0 Å². The summed E-state index contributed by atoms with van der Waals surface area (Å²) >= 11 is 3.40. The Morgan fingerprint density at radius 1 is 1.35 bits per heavy atom. The molecule has 0 fully saturated rings. The van der Waals surface area contributed by atoms with Gasteiger partial charge in [-0.2, -0.15) is 0 Å². The smallest absolute Gasteiger partial charge is 0.338 e. The van der Waals surface area contributed by atoms with Crippen LogP contribution in [0.15, 0.2) is 39.4 Å². The molecule has 0 radical (unpaired) electrons. The van der Waals surface area contributed by atoms with E-state index in [9.17, 15) is 4.79 Å². The number of rotatable bonds is 2. The second-order valence-corrected chi connectivity index (χ2v) is 4.42. The Labute approximate surface area is 108 Å². The van der Waals surface area contributed by atoms with Gasteiger partial charge in [-0.05, 0) is 36.8 Å². The molecule has 4 heteroatoms. The fraction of sp³-hybridized carbons (Fsp3) is 0.154. The molecule has 17 heavy (non-hydrogen) atoms. The van der Waals surface area contributed by atoms with E-state index in [0.717, 1.165) is 15.6 Å². The predicted octanol–water partition coefficient (Wildman–Crippen LogP) is 3.80. The van der Waals surface area contributed by atoms with Crippen molar-refractivity contribution in [2.75, 3.05) is 7.11 Å². The molecule has 2 rings (SSSR count). The number of esters is 1. The van der Waals surface area contributed by atoms with Crippen LogP contribution in [0, 0.1) is 6.92 Å². The summed E-state index contributed by atoms with van der Waals surface area (Å²) in [5, 5.41) is 0. The van der Waals surface area contributed by atoms with Gasteiger partial charge < -0.3 is 9.15 Å². The normalized spacial score (nSPS) is 10.3. The third-order valence-corrected chi connectivity index (χ3v) is 3.43. The average molecular weight is 295 g/mol. The van der Waals surface area contributed by atoms with E-state index in [0.29, 0.717) is 11.3 Å². The molecule has 0 spiro atoms. The topological polar surface area (TPSA) is 39.4 Å². The first kappa shape index (κ1) is 11.9. The Balaban J connectivity index is 2.68. The fourth-order valence-electron chi connectivity index (χ4n) is 1.69. The second-order valence-electron chi connectivity index (χ2n) is 3.56. The van der Waals surface area contributed by atoms with Crippen LogP contribution in [-0.2, 0) is 4.74 Å². The summed E-state index contributed by atoms with van der Waals surface area (Å²) in [4.78, 5) is 11.8. The Kier molecular flexibility index (Phi) is 3.33. The van der Waals surface area contributed by atoms with Crippen LogP contribution in [0.2, 0.25) is 0 Å². The minimum absolute atomic E-state index is 0.366. The Hall–Kier alpha value is -1.55. The van der Waals surface area contributed by atoms with Gasteiger partial charge in [-0.3, -0.25) is 0 Å². The van der Waals surface area contributed by atoms with E-state index in [4.69, 9.17) is 9.15 Å². The van der Waals surface area contributed by atoms with Crippen LogP contribution in [0.5, 0.6) is 0 Å². The van der Waals surface area contributed by atoms with E-state index in [2.05, 4.69) is 15.9 Å². The highest BCUT2D eigenvalue weighted by atomic mass is 79.9. The zero-order valence-corrected chi connectivity index (χ0v) is 11.1. The summed E-state index contributed by atoms with van der Waals surface area (Å²) in [5.74, 6) is 0.288. The van der Waals surface area contributed by atoms with Gasteiger partial charge in [0.05, 0.1) is 18.9 Å². The van der Waals surface area contributed by atoms with E-state index in [-0.39, 0.29) is 5.97 Å².